The maximum Gasteiger partial charge on any atom is 0.223 e. The van der Waals surface area contributed by atoms with Gasteiger partial charge in [0, 0.05) is 44.5 Å². The van der Waals surface area contributed by atoms with Gasteiger partial charge in [0.25, 0.3) is 0 Å². The van der Waals surface area contributed by atoms with E-state index in [-0.39, 0.29) is 36.3 Å². The molecule has 1 atom stereocenters. The van der Waals surface area contributed by atoms with Crippen molar-refractivity contribution in [2.75, 3.05) is 13.1 Å². The standard InChI is InChI=1S/C17H20F2N2O3/c1-11(22)20-13-3-2-8-21(10-13)17(24)7-6-16(23)12-4-5-14(18)15(19)9-12/h4-5,9,13H,2-3,6-8,10H2,1H3,(H,20,22)/t13-/m1/s1. The van der Waals surface area contributed by atoms with Crippen molar-refractivity contribution in [1.82, 2.24) is 10.2 Å². The fourth-order valence-corrected chi connectivity index (χ4v) is 2.80. The number of carbonyl (C=O) groups excluding carboxylic acids is 3. The summed E-state index contributed by atoms with van der Waals surface area (Å²) in [7, 11) is 0. The molecule has 0 saturated carbocycles. The second kappa shape index (κ2) is 7.99. The third-order valence-electron chi connectivity index (χ3n) is 3.99. The van der Waals surface area contributed by atoms with E-state index >= 15 is 0 Å². The number of piperidine rings is 1. The Morgan fingerprint density at radius 2 is 1.96 bits per heavy atom. The van der Waals surface area contributed by atoms with Gasteiger partial charge in [0.05, 0.1) is 0 Å². The molecule has 0 unspecified atom stereocenters. The first-order chi connectivity index (χ1) is 11.4. The molecule has 24 heavy (non-hydrogen) atoms. The number of amides is 2. The van der Waals surface area contributed by atoms with Gasteiger partial charge in [-0.3, -0.25) is 14.4 Å². The maximum absolute atomic E-state index is 13.1. The highest BCUT2D eigenvalue weighted by molar-refractivity contribution is 5.97. The number of ketones is 1. The Morgan fingerprint density at radius 1 is 1.21 bits per heavy atom. The molecule has 2 amide bonds. The van der Waals surface area contributed by atoms with Crippen LogP contribution in [0.5, 0.6) is 0 Å². The van der Waals surface area contributed by atoms with Crippen LogP contribution in [0.25, 0.3) is 0 Å². The average molecular weight is 338 g/mol. The van der Waals surface area contributed by atoms with Crippen LogP contribution in [0.1, 0.15) is 43.0 Å². The van der Waals surface area contributed by atoms with E-state index < -0.39 is 17.4 Å². The molecule has 1 aliphatic rings. The Hall–Kier alpha value is -2.31. The first-order valence-electron chi connectivity index (χ1n) is 7.90. The van der Waals surface area contributed by atoms with E-state index in [1.54, 1.807) is 4.90 Å². The number of halogens is 2. The summed E-state index contributed by atoms with van der Waals surface area (Å²) in [6.45, 7) is 2.45. The van der Waals surface area contributed by atoms with E-state index in [9.17, 15) is 23.2 Å². The zero-order chi connectivity index (χ0) is 17.7. The Kier molecular flexibility index (Phi) is 6.00. The second-order valence-electron chi connectivity index (χ2n) is 5.93. The fraction of sp³-hybridized carbons (Fsp3) is 0.471. The summed E-state index contributed by atoms with van der Waals surface area (Å²) in [6.07, 6.45) is 1.54. The number of nitrogens with zero attached hydrogens (tertiary/aromatic N) is 1. The minimum absolute atomic E-state index is 0.00458. The largest absolute Gasteiger partial charge is 0.352 e. The summed E-state index contributed by atoms with van der Waals surface area (Å²) < 4.78 is 26.0. The van der Waals surface area contributed by atoms with E-state index in [1.165, 1.54) is 13.0 Å². The summed E-state index contributed by atoms with van der Waals surface area (Å²) in [4.78, 5) is 36.9. The van der Waals surface area contributed by atoms with E-state index in [4.69, 9.17) is 0 Å². The quantitative estimate of drug-likeness (QED) is 0.836. The lowest BCUT2D eigenvalue weighted by molar-refractivity contribution is -0.133. The highest BCUT2D eigenvalue weighted by atomic mass is 19.2. The molecule has 1 fully saturated rings. The molecule has 2 rings (SSSR count). The van der Waals surface area contributed by atoms with Crippen molar-refractivity contribution in [3.05, 3.63) is 35.4 Å². The first-order valence-corrected chi connectivity index (χ1v) is 7.90. The van der Waals surface area contributed by atoms with Gasteiger partial charge in [0.1, 0.15) is 0 Å². The second-order valence-corrected chi connectivity index (χ2v) is 5.93. The topological polar surface area (TPSA) is 66.5 Å². The van der Waals surface area contributed by atoms with Crippen molar-refractivity contribution < 1.29 is 23.2 Å². The smallest absolute Gasteiger partial charge is 0.223 e. The maximum atomic E-state index is 13.1. The number of likely N-dealkylation sites (tertiary alicyclic amines) is 1. The summed E-state index contributed by atoms with van der Waals surface area (Å²) in [5, 5.41) is 2.79. The van der Waals surface area contributed by atoms with E-state index in [2.05, 4.69) is 5.32 Å². The monoisotopic (exact) mass is 338 g/mol. The Labute approximate surface area is 139 Å². The Morgan fingerprint density at radius 3 is 2.62 bits per heavy atom. The van der Waals surface area contributed by atoms with Gasteiger partial charge in [-0.25, -0.2) is 8.78 Å². The Balaban J connectivity index is 1.86. The van der Waals surface area contributed by atoms with Gasteiger partial charge in [-0.1, -0.05) is 0 Å². The molecule has 1 aliphatic heterocycles. The van der Waals surface area contributed by atoms with Crippen LogP contribution in [-0.4, -0.2) is 41.6 Å². The van der Waals surface area contributed by atoms with Crippen LogP contribution in [0, 0.1) is 11.6 Å². The molecule has 0 radical (unpaired) electrons. The van der Waals surface area contributed by atoms with Gasteiger partial charge >= 0.3 is 0 Å². The van der Waals surface area contributed by atoms with Gasteiger partial charge in [0.2, 0.25) is 11.8 Å². The molecule has 0 bridgehead atoms. The highest BCUT2D eigenvalue weighted by Crippen LogP contribution is 2.15. The third-order valence-corrected chi connectivity index (χ3v) is 3.99. The number of Topliss-reactive ketones (excluding diaryl/α,β-unsaturated/α-hetero) is 1. The molecule has 1 aromatic rings. The van der Waals surface area contributed by atoms with Gasteiger partial charge in [-0.15, -0.1) is 0 Å². The Bertz CT molecular complexity index is 649. The van der Waals surface area contributed by atoms with Crippen LogP contribution < -0.4 is 5.32 Å². The predicted octanol–water partition coefficient (Wildman–Crippen LogP) is 2.05. The summed E-state index contributed by atoms with van der Waals surface area (Å²) >= 11 is 0. The molecule has 1 aromatic carbocycles. The van der Waals surface area contributed by atoms with E-state index in [1.807, 2.05) is 0 Å². The van der Waals surface area contributed by atoms with Gasteiger partial charge in [0.15, 0.2) is 17.4 Å². The van der Waals surface area contributed by atoms with E-state index in [0.29, 0.717) is 13.1 Å². The molecular formula is C17H20F2N2O3. The van der Waals surface area contributed by atoms with Crippen LogP contribution in [-0.2, 0) is 9.59 Å². The summed E-state index contributed by atoms with van der Waals surface area (Å²) in [5.74, 6) is -2.82. The van der Waals surface area contributed by atoms with Crippen LogP contribution in [0.15, 0.2) is 18.2 Å². The lowest BCUT2D eigenvalue weighted by Crippen LogP contribution is -2.49. The van der Waals surface area contributed by atoms with Crippen molar-refractivity contribution in [2.45, 2.75) is 38.6 Å². The normalized spacial score (nSPS) is 17.5. The number of hydrogen-bond acceptors (Lipinski definition) is 3. The third kappa shape index (κ3) is 4.84. The zero-order valence-electron chi connectivity index (χ0n) is 13.5. The van der Waals surface area contributed by atoms with Crippen molar-refractivity contribution in [3.63, 3.8) is 0 Å². The molecule has 1 heterocycles. The fourth-order valence-electron chi connectivity index (χ4n) is 2.80. The number of hydrogen-bond donors (Lipinski definition) is 1. The first kappa shape index (κ1) is 18.0. The van der Waals surface area contributed by atoms with Crippen LogP contribution in [0.2, 0.25) is 0 Å². The van der Waals surface area contributed by atoms with E-state index in [0.717, 1.165) is 25.0 Å². The number of nitrogens with one attached hydrogen (secondary N) is 1. The molecule has 1 N–H and O–H groups in total. The molecular weight excluding hydrogens is 318 g/mol. The van der Waals surface area contributed by atoms with Crippen molar-refractivity contribution >= 4 is 17.6 Å². The zero-order valence-corrected chi connectivity index (χ0v) is 13.5. The lowest BCUT2D eigenvalue weighted by Gasteiger charge is -2.33. The van der Waals surface area contributed by atoms with Gasteiger partial charge < -0.3 is 10.2 Å². The highest BCUT2D eigenvalue weighted by Gasteiger charge is 2.24. The van der Waals surface area contributed by atoms with Crippen molar-refractivity contribution in [1.29, 1.82) is 0 Å². The van der Waals surface area contributed by atoms with Gasteiger partial charge in [-0.2, -0.15) is 0 Å². The molecule has 7 heteroatoms. The molecule has 0 aromatic heterocycles. The molecule has 130 valence electrons. The molecule has 5 nitrogen and oxygen atoms in total. The number of benzene rings is 1. The van der Waals surface area contributed by atoms with Crippen LogP contribution >= 0.6 is 0 Å². The van der Waals surface area contributed by atoms with Crippen molar-refractivity contribution in [3.8, 4) is 0 Å². The minimum atomic E-state index is -1.08. The van der Waals surface area contributed by atoms with Gasteiger partial charge in [-0.05, 0) is 31.0 Å². The SMILES string of the molecule is CC(=O)N[C@@H]1CCCN(C(=O)CCC(=O)c2ccc(F)c(F)c2)C1. The number of rotatable bonds is 5. The van der Waals surface area contributed by atoms with Crippen LogP contribution in [0.3, 0.4) is 0 Å². The predicted molar refractivity (Wildman–Crippen MR) is 83.3 cm³/mol. The average Bonchev–Trinajstić information content (AvgIpc) is 2.54. The summed E-state index contributed by atoms with van der Waals surface area (Å²) in [6, 6.07) is 2.88. The summed E-state index contributed by atoms with van der Waals surface area (Å²) in [5.41, 5.74) is 0.0523. The van der Waals surface area contributed by atoms with Crippen LogP contribution in [0.4, 0.5) is 8.78 Å². The van der Waals surface area contributed by atoms with Crippen molar-refractivity contribution in [2.24, 2.45) is 0 Å². The number of carbonyl (C=O) groups is 3. The molecule has 0 aliphatic carbocycles. The lowest BCUT2D eigenvalue weighted by atomic mass is 10.0. The minimum Gasteiger partial charge on any atom is -0.352 e. The molecule has 1 saturated heterocycles. The molecule has 0 spiro atoms.